The number of rotatable bonds is 4. The van der Waals surface area contributed by atoms with Crippen molar-refractivity contribution < 1.29 is 0 Å². The van der Waals surface area contributed by atoms with Crippen molar-refractivity contribution in [2.75, 3.05) is 5.32 Å². The van der Waals surface area contributed by atoms with Crippen LogP contribution in [-0.2, 0) is 0 Å². The van der Waals surface area contributed by atoms with Gasteiger partial charge >= 0.3 is 0 Å². The Morgan fingerprint density at radius 1 is 1.05 bits per heavy atom. The number of anilines is 1. The molecule has 0 saturated carbocycles. The van der Waals surface area contributed by atoms with Crippen LogP contribution in [0.1, 0.15) is 41.6 Å². The van der Waals surface area contributed by atoms with Crippen LogP contribution in [0.2, 0.25) is 0 Å². The summed E-state index contributed by atoms with van der Waals surface area (Å²) in [7, 11) is 0. The van der Waals surface area contributed by atoms with Crippen LogP contribution in [0.15, 0.2) is 42.5 Å². The zero-order valence-electron chi connectivity index (χ0n) is 13.7. The highest BCUT2D eigenvalue weighted by molar-refractivity contribution is 7.80. The quantitative estimate of drug-likeness (QED) is 0.773. The van der Waals surface area contributed by atoms with Gasteiger partial charge in [-0.3, -0.25) is 0 Å². The number of hydrogen-bond acceptors (Lipinski definition) is 1. The average Bonchev–Trinajstić information content (AvgIpc) is 2.48. The van der Waals surface area contributed by atoms with Gasteiger partial charge in [0.25, 0.3) is 0 Å². The van der Waals surface area contributed by atoms with Gasteiger partial charge in [-0.1, -0.05) is 37.3 Å². The number of nitrogens with one attached hydrogen (secondary N) is 2. The Morgan fingerprint density at radius 3 is 2.45 bits per heavy atom. The van der Waals surface area contributed by atoms with E-state index in [2.05, 4.69) is 68.7 Å². The Morgan fingerprint density at radius 2 is 1.82 bits per heavy atom. The molecule has 2 nitrogen and oxygen atoms in total. The van der Waals surface area contributed by atoms with E-state index in [1.807, 2.05) is 12.1 Å². The molecule has 0 bridgehead atoms. The van der Waals surface area contributed by atoms with Crippen LogP contribution in [-0.4, -0.2) is 5.11 Å². The Kier molecular flexibility index (Phi) is 5.56. The van der Waals surface area contributed by atoms with Crippen molar-refractivity contribution >= 4 is 23.0 Å². The first-order valence-corrected chi connectivity index (χ1v) is 8.11. The molecule has 22 heavy (non-hydrogen) atoms. The fraction of sp³-hybridized carbons (Fsp3) is 0.316. The molecule has 2 aromatic rings. The summed E-state index contributed by atoms with van der Waals surface area (Å²) in [6.45, 7) is 8.53. The predicted octanol–water partition coefficient (Wildman–Crippen LogP) is 5.05. The minimum atomic E-state index is 0.226. The Bertz CT molecular complexity index is 664. The molecule has 116 valence electrons. The second-order valence-electron chi connectivity index (χ2n) is 5.77. The fourth-order valence-corrected chi connectivity index (χ4v) is 2.71. The average molecular weight is 312 g/mol. The molecule has 0 aliphatic heterocycles. The van der Waals surface area contributed by atoms with Gasteiger partial charge in [0.2, 0.25) is 0 Å². The van der Waals surface area contributed by atoms with Crippen LogP contribution < -0.4 is 10.6 Å². The van der Waals surface area contributed by atoms with Crippen LogP contribution in [0.3, 0.4) is 0 Å². The van der Waals surface area contributed by atoms with Gasteiger partial charge in [0.1, 0.15) is 0 Å². The van der Waals surface area contributed by atoms with E-state index in [-0.39, 0.29) is 6.04 Å². The first-order valence-electron chi connectivity index (χ1n) is 7.71. The van der Waals surface area contributed by atoms with Crippen molar-refractivity contribution in [3.63, 3.8) is 0 Å². The van der Waals surface area contributed by atoms with E-state index in [1.165, 1.54) is 22.3 Å². The summed E-state index contributed by atoms with van der Waals surface area (Å²) in [6.07, 6.45) is 0.984. The first-order chi connectivity index (χ1) is 10.5. The van der Waals surface area contributed by atoms with E-state index in [0.29, 0.717) is 5.11 Å². The molecule has 0 spiro atoms. The number of thiocarbonyl (C=S) groups is 1. The molecule has 2 N–H and O–H groups in total. The van der Waals surface area contributed by atoms with Gasteiger partial charge in [-0.15, -0.1) is 0 Å². The molecule has 0 fully saturated rings. The van der Waals surface area contributed by atoms with Crippen LogP contribution >= 0.6 is 12.2 Å². The molecule has 2 aromatic carbocycles. The van der Waals surface area contributed by atoms with Crippen molar-refractivity contribution in [2.24, 2.45) is 0 Å². The lowest BCUT2D eigenvalue weighted by molar-refractivity contribution is 0.628. The molecule has 2 rings (SSSR count). The van der Waals surface area contributed by atoms with Gasteiger partial charge < -0.3 is 10.6 Å². The zero-order valence-corrected chi connectivity index (χ0v) is 14.6. The predicted molar refractivity (Wildman–Crippen MR) is 99.5 cm³/mol. The second-order valence-corrected chi connectivity index (χ2v) is 6.18. The van der Waals surface area contributed by atoms with Gasteiger partial charge in [0, 0.05) is 5.69 Å². The first kappa shape index (κ1) is 16.5. The van der Waals surface area contributed by atoms with E-state index in [9.17, 15) is 0 Å². The van der Waals surface area contributed by atoms with E-state index < -0.39 is 0 Å². The van der Waals surface area contributed by atoms with Crippen LogP contribution in [0.4, 0.5) is 5.69 Å². The summed E-state index contributed by atoms with van der Waals surface area (Å²) in [4.78, 5) is 0. The van der Waals surface area contributed by atoms with Crippen molar-refractivity contribution in [3.05, 3.63) is 64.7 Å². The third-order valence-electron chi connectivity index (χ3n) is 3.92. The van der Waals surface area contributed by atoms with E-state index in [1.54, 1.807) is 0 Å². The van der Waals surface area contributed by atoms with Crippen LogP contribution in [0.25, 0.3) is 0 Å². The number of benzene rings is 2. The second kappa shape index (κ2) is 7.41. The van der Waals surface area contributed by atoms with Crippen LogP contribution in [0, 0.1) is 20.8 Å². The topological polar surface area (TPSA) is 24.1 Å². The molecule has 0 saturated heterocycles. The standard InChI is InChI=1S/C19H24N2S/c1-5-18(16-10-9-14(3)15(4)12-16)21-19(22)20-17-8-6-7-13(2)11-17/h6-12,18H,5H2,1-4H3,(H2,20,21,22)/t18-/m0/s1. The monoisotopic (exact) mass is 312 g/mol. The lowest BCUT2D eigenvalue weighted by Crippen LogP contribution is -2.32. The normalized spacial score (nSPS) is 11.8. The molecule has 1 atom stereocenters. The third-order valence-corrected chi connectivity index (χ3v) is 4.14. The minimum absolute atomic E-state index is 0.226. The lowest BCUT2D eigenvalue weighted by Gasteiger charge is -2.21. The maximum absolute atomic E-state index is 5.46. The molecule has 0 aliphatic carbocycles. The van der Waals surface area contributed by atoms with Gasteiger partial charge in [0.15, 0.2) is 5.11 Å². The molecular weight excluding hydrogens is 288 g/mol. The van der Waals surface area contributed by atoms with Gasteiger partial charge in [-0.25, -0.2) is 0 Å². The van der Waals surface area contributed by atoms with Gasteiger partial charge in [-0.2, -0.15) is 0 Å². The molecule has 0 aromatic heterocycles. The maximum atomic E-state index is 5.46. The van der Waals surface area contributed by atoms with E-state index >= 15 is 0 Å². The molecule has 0 amide bonds. The van der Waals surface area contributed by atoms with E-state index in [4.69, 9.17) is 12.2 Å². The SMILES string of the molecule is CC[C@H](NC(=S)Nc1cccc(C)c1)c1ccc(C)c(C)c1. The lowest BCUT2D eigenvalue weighted by atomic mass is 9.99. The highest BCUT2D eigenvalue weighted by Crippen LogP contribution is 2.20. The molecule has 3 heteroatoms. The largest absolute Gasteiger partial charge is 0.356 e. The fourth-order valence-electron chi connectivity index (χ4n) is 2.45. The Balaban J connectivity index is 2.06. The molecule has 0 radical (unpaired) electrons. The Hall–Kier alpha value is -1.87. The maximum Gasteiger partial charge on any atom is 0.171 e. The zero-order chi connectivity index (χ0) is 16.1. The summed E-state index contributed by atoms with van der Waals surface area (Å²) in [5.74, 6) is 0. The van der Waals surface area contributed by atoms with Crippen molar-refractivity contribution in [1.82, 2.24) is 5.32 Å². The summed E-state index contributed by atoms with van der Waals surface area (Å²) in [5, 5.41) is 7.34. The van der Waals surface area contributed by atoms with Crippen LogP contribution in [0.5, 0.6) is 0 Å². The smallest absolute Gasteiger partial charge is 0.171 e. The molecule has 0 aliphatic rings. The Labute approximate surface area is 139 Å². The number of aryl methyl sites for hydroxylation is 3. The summed E-state index contributed by atoms with van der Waals surface area (Å²) in [6, 6.07) is 15.0. The van der Waals surface area contributed by atoms with Crippen molar-refractivity contribution in [2.45, 2.75) is 40.2 Å². The molecule has 0 unspecified atom stereocenters. The molecule has 0 heterocycles. The molecular formula is C19H24N2S. The number of hydrogen-bond donors (Lipinski definition) is 2. The summed E-state index contributed by atoms with van der Waals surface area (Å²) < 4.78 is 0. The van der Waals surface area contributed by atoms with Crippen molar-refractivity contribution in [3.8, 4) is 0 Å². The van der Waals surface area contributed by atoms with E-state index in [0.717, 1.165) is 12.1 Å². The van der Waals surface area contributed by atoms with Gasteiger partial charge in [-0.05, 0) is 73.8 Å². The highest BCUT2D eigenvalue weighted by atomic mass is 32.1. The minimum Gasteiger partial charge on any atom is -0.356 e. The third kappa shape index (κ3) is 4.31. The van der Waals surface area contributed by atoms with Crippen molar-refractivity contribution in [1.29, 1.82) is 0 Å². The highest BCUT2D eigenvalue weighted by Gasteiger charge is 2.11. The van der Waals surface area contributed by atoms with Gasteiger partial charge in [0.05, 0.1) is 6.04 Å². The summed E-state index contributed by atoms with van der Waals surface area (Å²) in [5.41, 5.74) is 6.15. The summed E-state index contributed by atoms with van der Waals surface area (Å²) >= 11 is 5.46.